The van der Waals surface area contributed by atoms with E-state index in [2.05, 4.69) is 76.2 Å². The minimum absolute atomic E-state index is 0.482. The van der Waals surface area contributed by atoms with Crippen LogP contribution in [0, 0.1) is 5.92 Å². The Morgan fingerprint density at radius 2 is 2.19 bits per heavy atom. The number of aromatic nitrogens is 1. The molecule has 112 valence electrons. The third-order valence-corrected chi connectivity index (χ3v) is 4.81. The fraction of sp³-hybridized carbons (Fsp3) is 0.471. The van der Waals surface area contributed by atoms with Crippen LogP contribution in [0.5, 0.6) is 0 Å². The van der Waals surface area contributed by atoms with Gasteiger partial charge in [-0.2, -0.15) is 0 Å². The first-order valence-corrected chi connectivity index (χ1v) is 8.40. The van der Waals surface area contributed by atoms with E-state index in [1.54, 1.807) is 0 Å². The monoisotopic (exact) mass is 347 g/mol. The molecule has 1 aliphatic rings. The molecular weight excluding hydrogens is 326 g/mol. The molecule has 2 aromatic rings. The van der Waals surface area contributed by atoms with Crippen LogP contribution in [-0.4, -0.2) is 30.2 Å². The first-order valence-electron chi connectivity index (χ1n) is 7.60. The Bertz CT molecular complexity index is 641. The molecule has 2 atom stereocenters. The summed E-state index contributed by atoms with van der Waals surface area (Å²) in [7, 11) is 0. The van der Waals surface area contributed by atoms with E-state index >= 15 is 0 Å². The molecule has 0 spiro atoms. The van der Waals surface area contributed by atoms with Gasteiger partial charge in [0, 0.05) is 41.2 Å². The number of hydrogen-bond acceptors (Lipinski definition) is 3. The summed E-state index contributed by atoms with van der Waals surface area (Å²) in [6, 6.07) is 9.61. The Morgan fingerprint density at radius 3 is 2.95 bits per heavy atom. The summed E-state index contributed by atoms with van der Waals surface area (Å²) in [4.78, 5) is 7.16. The van der Waals surface area contributed by atoms with Crippen LogP contribution >= 0.6 is 15.9 Å². The van der Waals surface area contributed by atoms with E-state index < -0.39 is 0 Å². The van der Waals surface area contributed by atoms with Gasteiger partial charge in [0.15, 0.2) is 0 Å². The summed E-state index contributed by atoms with van der Waals surface area (Å²) in [6.07, 6.45) is 1.89. The maximum atomic E-state index is 4.65. The van der Waals surface area contributed by atoms with E-state index in [0.29, 0.717) is 18.0 Å². The molecule has 2 heterocycles. The van der Waals surface area contributed by atoms with E-state index in [1.807, 2.05) is 6.20 Å². The Labute approximate surface area is 134 Å². The van der Waals surface area contributed by atoms with Gasteiger partial charge in [0.05, 0.1) is 11.2 Å². The van der Waals surface area contributed by atoms with Crippen molar-refractivity contribution in [3.05, 3.63) is 34.9 Å². The molecule has 1 N–H and O–H groups in total. The quantitative estimate of drug-likeness (QED) is 0.894. The van der Waals surface area contributed by atoms with Crippen molar-refractivity contribution in [1.82, 2.24) is 10.3 Å². The summed E-state index contributed by atoms with van der Waals surface area (Å²) in [5.74, 6) is 0.636. The Kier molecular flexibility index (Phi) is 4.18. The zero-order chi connectivity index (χ0) is 15.0. The number of rotatable bonds is 2. The van der Waals surface area contributed by atoms with Crippen molar-refractivity contribution < 1.29 is 0 Å². The van der Waals surface area contributed by atoms with Gasteiger partial charge in [0.2, 0.25) is 0 Å². The maximum Gasteiger partial charge on any atom is 0.0936 e. The first kappa shape index (κ1) is 14.8. The zero-order valence-corrected chi connectivity index (χ0v) is 14.4. The molecule has 0 amide bonds. The minimum atomic E-state index is 0.482. The lowest BCUT2D eigenvalue weighted by Crippen LogP contribution is -2.57. The fourth-order valence-corrected chi connectivity index (χ4v) is 3.37. The number of nitrogens with zero attached hydrogens (tertiary/aromatic N) is 2. The molecule has 0 saturated carbocycles. The molecule has 3 nitrogen and oxygen atoms in total. The third-order valence-electron chi connectivity index (χ3n) is 4.37. The normalized spacial score (nSPS) is 23.0. The summed E-state index contributed by atoms with van der Waals surface area (Å²) in [6.45, 7) is 8.90. The molecule has 2 unspecified atom stereocenters. The maximum absolute atomic E-state index is 4.65. The standard InChI is InChI=1S/C17H22BrN3/c1-11(2)15-10-21(12(3)8-19-15)16-6-4-5-13-7-14(18)9-20-17(13)16/h4-7,9,11-12,15,19H,8,10H2,1-3H3. The number of benzene rings is 1. The van der Waals surface area contributed by atoms with E-state index in [1.165, 1.54) is 11.1 Å². The number of halogens is 1. The number of hydrogen-bond donors (Lipinski definition) is 1. The van der Waals surface area contributed by atoms with Crippen LogP contribution in [0.3, 0.4) is 0 Å². The molecule has 1 aromatic carbocycles. The molecule has 21 heavy (non-hydrogen) atoms. The van der Waals surface area contributed by atoms with Gasteiger partial charge in [-0.15, -0.1) is 0 Å². The summed E-state index contributed by atoms with van der Waals surface area (Å²) in [5, 5.41) is 4.84. The van der Waals surface area contributed by atoms with Crippen molar-refractivity contribution in [1.29, 1.82) is 0 Å². The molecule has 0 bridgehead atoms. The van der Waals surface area contributed by atoms with Crippen LogP contribution in [0.2, 0.25) is 0 Å². The highest BCUT2D eigenvalue weighted by atomic mass is 79.9. The van der Waals surface area contributed by atoms with Crippen LogP contribution in [0.1, 0.15) is 20.8 Å². The smallest absolute Gasteiger partial charge is 0.0936 e. The number of piperazine rings is 1. The first-order chi connectivity index (χ1) is 10.1. The second-order valence-corrected chi connectivity index (χ2v) is 7.18. The lowest BCUT2D eigenvalue weighted by atomic mass is 9.99. The minimum Gasteiger partial charge on any atom is -0.364 e. The molecule has 0 radical (unpaired) electrons. The molecule has 4 heteroatoms. The third kappa shape index (κ3) is 2.92. The van der Waals surface area contributed by atoms with Crippen LogP contribution in [0.15, 0.2) is 34.9 Å². The number of pyridine rings is 1. The second kappa shape index (κ2) is 5.93. The van der Waals surface area contributed by atoms with Gasteiger partial charge in [0.1, 0.15) is 0 Å². The van der Waals surface area contributed by atoms with Crippen molar-refractivity contribution in [2.75, 3.05) is 18.0 Å². The topological polar surface area (TPSA) is 28.2 Å². The number of nitrogens with one attached hydrogen (secondary N) is 1. The SMILES string of the molecule is CC(C)C1CN(c2cccc3cc(Br)cnc23)C(C)CN1. The van der Waals surface area contributed by atoms with Crippen molar-refractivity contribution >= 4 is 32.5 Å². The van der Waals surface area contributed by atoms with Crippen molar-refractivity contribution in [2.45, 2.75) is 32.9 Å². The molecule has 1 fully saturated rings. The highest BCUT2D eigenvalue weighted by Crippen LogP contribution is 2.30. The lowest BCUT2D eigenvalue weighted by Gasteiger charge is -2.42. The second-order valence-electron chi connectivity index (χ2n) is 6.26. The fourth-order valence-electron chi connectivity index (χ4n) is 3.02. The molecule has 0 aliphatic carbocycles. The predicted molar refractivity (Wildman–Crippen MR) is 92.9 cm³/mol. The number of para-hydroxylation sites is 1. The Hall–Kier alpha value is -1.13. The summed E-state index contributed by atoms with van der Waals surface area (Å²) < 4.78 is 1.03. The number of anilines is 1. The molecular formula is C17H22BrN3. The predicted octanol–water partition coefficient (Wildman–Crippen LogP) is 3.82. The van der Waals surface area contributed by atoms with Gasteiger partial charge >= 0.3 is 0 Å². The molecule has 1 aromatic heterocycles. The van der Waals surface area contributed by atoms with E-state index in [0.717, 1.165) is 23.1 Å². The average molecular weight is 348 g/mol. The largest absolute Gasteiger partial charge is 0.364 e. The van der Waals surface area contributed by atoms with Crippen LogP contribution in [0.4, 0.5) is 5.69 Å². The average Bonchev–Trinajstić information content (AvgIpc) is 2.46. The van der Waals surface area contributed by atoms with Crippen LogP contribution in [0.25, 0.3) is 10.9 Å². The lowest BCUT2D eigenvalue weighted by molar-refractivity contribution is 0.337. The van der Waals surface area contributed by atoms with E-state index in [4.69, 9.17) is 0 Å². The Morgan fingerprint density at radius 1 is 1.38 bits per heavy atom. The Balaban J connectivity index is 2.02. The molecule has 3 rings (SSSR count). The van der Waals surface area contributed by atoms with Gasteiger partial charge in [-0.05, 0) is 40.9 Å². The van der Waals surface area contributed by atoms with E-state index in [-0.39, 0.29) is 0 Å². The summed E-state index contributed by atoms with van der Waals surface area (Å²) in [5.41, 5.74) is 2.34. The van der Waals surface area contributed by atoms with Gasteiger partial charge < -0.3 is 10.2 Å². The van der Waals surface area contributed by atoms with Gasteiger partial charge in [-0.3, -0.25) is 4.98 Å². The van der Waals surface area contributed by atoms with Crippen molar-refractivity contribution in [3.8, 4) is 0 Å². The van der Waals surface area contributed by atoms with E-state index in [9.17, 15) is 0 Å². The molecule has 1 saturated heterocycles. The zero-order valence-electron chi connectivity index (χ0n) is 12.8. The van der Waals surface area contributed by atoms with Gasteiger partial charge in [0.25, 0.3) is 0 Å². The van der Waals surface area contributed by atoms with Crippen molar-refractivity contribution in [3.63, 3.8) is 0 Å². The molecule has 1 aliphatic heterocycles. The van der Waals surface area contributed by atoms with Gasteiger partial charge in [-0.25, -0.2) is 0 Å². The van der Waals surface area contributed by atoms with Crippen molar-refractivity contribution in [2.24, 2.45) is 5.92 Å². The summed E-state index contributed by atoms with van der Waals surface area (Å²) >= 11 is 3.51. The van der Waals surface area contributed by atoms with Gasteiger partial charge in [-0.1, -0.05) is 26.0 Å². The van der Waals surface area contributed by atoms with Crippen LogP contribution in [-0.2, 0) is 0 Å². The van der Waals surface area contributed by atoms with Crippen LogP contribution < -0.4 is 10.2 Å². The highest BCUT2D eigenvalue weighted by molar-refractivity contribution is 9.10. The number of fused-ring (bicyclic) bond motifs is 1. The highest BCUT2D eigenvalue weighted by Gasteiger charge is 2.27.